The van der Waals surface area contributed by atoms with Gasteiger partial charge >= 0.3 is 0 Å². The number of carbonyl (C=O) groups is 1. The Balaban J connectivity index is 1.90. The van der Waals surface area contributed by atoms with Gasteiger partial charge in [-0.15, -0.1) is 0 Å². The van der Waals surface area contributed by atoms with Crippen LogP contribution in [0.2, 0.25) is 0 Å². The van der Waals surface area contributed by atoms with Crippen molar-refractivity contribution in [1.29, 1.82) is 0 Å². The van der Waals surface area contributed by atoms with Gasteiger partial charge in [-0.2, -0.15) is 0 Å². The van der Waals surface area contributed by atoms with E-state index in [4.69, 9.17) is 4.74 Å². The summed E-state index contributed by atoms with van der Waals surface area (Å²) in [6.45, 7) is 4.97. The lowest BCUT2D eigenvalue weighted by atomic mass is 10.2. The predicted octanol–water partition coefficient (Wildman–Crippen LogP) is 5.18. The Kier molecular flexibility index (Phi) is 6.23. The molecule has 2 aromatic carbocycles. The van der Waals surface area contributed by atoms with Crippen molar-refractivity contribution in [3.05, 3.63) is 57.4 Å². The second kappa shape index (κ2) is 8.63. The summed E-state index contributed by atoms with van der Waals surface area (Å²) in [4.78, 5) is 19.5. The molecule has 0 bridgehead atoms. The number of aliphatic imine (C=N–C) groups is 1. The largest absolute Gasteiger partial charge is 0.507 e. The van der Waals surface area contributed by atoms with Gasteiger partial charge in [0, 0.05) is 16.6 Å². The molecule has 1 fully saturated rings. The molecule has 1 N–H and O–H groups in total. The summed E-state index contributed by atoms with van der Waals surface area (Å²) < 4.78 is 6.27. The third-order valence-electron chi connectivity index (χ3n) is 3.85. The number of aromatic hydroxyl groups is 1. The maximum Gasteiger partial charge on any atom is 0.266 e. The molecule has 0 saturated carbocycles. The SMILES string of the molecule is CCOc1ccc(N=C2S/C(=C\c3cc(Br)ccc3O)C(=O)N2CC)cc1. The molecule has 7 heteroatoms. The number of hydrogen-bond donors (Lipinski definition) is 1. The highest BCUT2D eigenvalue weighted by Crippen LogP contribution is 2.36. The minimum Gasteiger partial charge on any atom is -0.507 e. The van der Waals surface area contributed by atoms with E-state index >= 15 is 0 Å². The van der Waals surface area contributed by atoms with Crippen LogP contribution in [0.3, 0.4) is 0 Å². The lowest BCUT2D eigenvalue weighted by Gasteiger charge is -2.12. The van der Waals surface area contributed by atoms with Crippen molar-refractivity contribution in [3.8, 4) is 11.5 Å². The van der Waals surface area contributed by atoms with Gasteiger partial charge in [0.15, 0.2) is 5.17 Å². The number of amidine groups is 1. The number of halogens is 1. The van der Waals surface area contributed by atoms with Crippen LogP contribution >= 0.6 is 27.7 Å². The third-order valence-corrected chi connectivity index (χ3v) is 5.35. The van der Waals surface area contributed by atoms with Gasteiger partial charge in [-0.05, 0) is 74.1 Å². The van der Waals surface area contributed by atoms with Gasteiger partial charge in [-0.1, -0.05) is 15.9 Å². The number of rotatable bonds is 5. The maximum absolute atomic E-state index is 12.7. The zero-order chi connectivity index (χ0) is 19.4. The first kappa shape index (κ1) is 19.5. The van der Waals surface area contributed by atoms with Gasteiger partial charge in [0.25, 0.3) is 5.91 Å². The molecule has 1 heterocycles. The van der Waals surface area contributed by atoms with E-state index in [0.29, 0.717) is 28.8 Å². The first-order chi connectivity index (χ1) is 13.0. The summed E-state index contributed by atoms with van der Waals surface area (Å²) in [5.41, 5.74) is 1.33. The Bertz CT molecular complexity index is 910. The summed E-state index contributed by atoms with van der Waals surface area (Å²) in [6, 6.07) is 12.5. The number of phenolic OH excluding ortho intramolecular Hbond substituents is 1. The summed E-state index contributed by atoms with van der Waals surface area (Å²) in [5, 5.41) is 10.7. The summed E-state index contributed by atoms with van der Waals surface area (Å²) in [6.07, 6.45) is 1.69. The molecule has 3 rings (SSSR count). The van der Waals surface area contributed by atoms with Crippen LogP contribution in [-0.2, 0) is 4.79 Å². The molecule has 1 saturated heterocycles. The van der Waals surface area contributed by atoms with Crippen molar-refractivity contribution < 1.29 is 14.6 Å². The molecule has 5 nitrogen and oxygen atoms in total. The fourth-order valence-corrected chi connectivity index (χ4v) is 3.98. The molecule has 0 aliphatic carbocycles. The van der Waals surface area contributed by atoms with Crippen molar-refractivity contribution in [1.82, 2.24) is 4.90 Å². The Morgan fingerprint density at radius 2 is 1.96 bits per heavy atom. The molecule has 0 atom stereocenters. The Hall–Kier alpha value is -2.25. The van der Waals surface area contributed by atoms with Crippen LogP contribution in [0.4, 0.5) is 5.69 Å². The molecular formula is C20H19BrN2O3S. The van der Waals surface area contributed by atoms with Crippen molar-refractivity contribution in [2.75, 3.05) is 13.2 Å². The van der Waals surface area contributed by atoms with Crippen molar-refractivity contribution in [2.24, 2.45) is 4.99 Å². The average molecular weight is 447 g/mol. The highest BCUT2D eigenvalue weighted by molar-refractivity contribution is 9.10. The summed E-state index contributed by atoms with van der Waals surface area (Å²) in [5.74, 6) is 0.792. The highest BCUT2D eigenvalue weighted by Gasteiger charge is 2.32. The number of carbonyl (C=O) groups excluding carboxylic acids is 1. The first-order valence-corrected chi connectivity index (χ1v) is 10.1. The van der Waals surface area contributed by atoms with Gasteiger partial charge in [0.1, 0.15) is 11.5 Å². The predicted molar refractivity (Wildman–Crippen MR) is 113 cm³/mol. The molecule has 0 spiro atoms. The number of benzene rings is 2. The van der Waals surface area contributed by atoms with Crippen LogP contribution < -0.4 is 4.74 Å². The number of thioether (sulfide) groups is 1. The number of amides is 1. The lowest BCUT2D eigenvalue weighted by molar-refractivity contribution is -0.122. The molecule has 1 aliphatic heterocycles. The van der Waals surface area contributed by atoms with Crippen LogP contribution in [0.15, 0.2) is 56.8 Å². The zero-order valence-electron chi connectivity index (χ0n) is 15.0. The zero-order valence-corrected chi connectivity index (χ0v) is 17.4. The van der Waals surface area contributed by atoms with Crippen LogP contribution in [0.1, 0.15) is 19.4 Å². The molecule has 1 amide bonds. The summed E-state index contributed by atoms with van der Waals surface area (Å²) in [7, 11) is 0. The second-order valence-corrected chi connectivity index (χ2v) is 7.61. The summed E-state index contributed by atoms with van der Waals surface area (Å²) >= 11 is 4.68. The molecule has 27 heavy (non-hydrogen) atoms. The highest BCUT2D eigenvalue weighted by atomic mass is 79.9. The smallest absolute Gasteiger partial charge is 0.266 e. The minimum absolute atomic E-state index is 0.119. The second-order valence-electron chi connectivity index (χ2n) is 5.68. The molecule has 0 unspecified atom stereocenters. The lowest BCUT2D eigenvalue weighted by Crippen LogP contribution is -2.28. The fraction of sp³-hybridized carbons (Fsp3) is 0.200. The van der Waals surface area contributed by atoms with Crippen molar-refractivity contribution >= 4 is 50.5 Å². The van der Waals surface area contributed by atoms with Crippen LogP contribution in [0.5, 0.6) is 11.5 Å². The van der Waals surface area contributed by atoms with Gasteiger partial charge in [-0.3, -0.25) is 9.69 Å². The van der Waals surface area contributed by atoms with Crippen LogP contribution in [-0.4, -0.2) is 34.2 Å². The van der Waals surface area contributed by atoms with Gasteiger partial charge in [0.05, 0.1) is 17.2 Å². The van der Waals surface area contributed by atoms with Gasteiger partial charge in [-0.25, -0.2) is 4.99 Å². The van der Waals surface area contributed by atoms with E-state index in [0.717, 1.165) is 15.9 Å². The average Bonchev–Trinajstić information content (AvgIpc) is 2.94. The minimum atomic E-state index is -0.119. The molecule has 0 aromatic heterocycles. The fourth-order valence-electron chi connectivity index (χ4n) is 2.55. The van der Waals surface area contributed by atoms with E-state index in [2.05, 4.69) is 20.9 Å². The van der Waals surface area contributed by atoms with Crippen molar-refractivity contribution in [3.63, 3.8) is 0 Å². The number of nitrogens with zero attached hydrogens (tertiary/aromatic N) is 2. The van der Waals surface area contributed by atoms with Gasteiger partial charge < -0.3 is 9.84 Å². The van der Waals surface area contributed by atoms with Crippen LogP contribution in [0.25, 0.3) is 6.08 Å². The monoisotopic (exact) mass is 446 g/mol. The number of phenols is 1. The van der Waals surface area contributed by atoms with E-state index in [9.17, 15) is 9.90 Å². The molecular weight excluding hydrogens is 428 g/mol. The number of likely N-dealkylation sites (N-methyl/N-ethyl adjacent to an activating group) is 1. The molecule has 0 radical (unpaired) electrons. The normalized spacial score (nSPS) is 17.1. The third kappa shape index (κ3) is 4.54. The Morgan fingerprint density at radius 3 is 2.63 bits per heavy atom. The van der Waals surface area contributed by atoms with Crippen LogP contribution in [0, 0.1) is 0 Å². The van der Waals surface area contributed by atoms with E-state index in [1.165, 1.54) is 11.8 Å². The van der Waals surface area contributed by atoms with E-state index in [-0.39, 0.29) is 11.7 Å². The van der Waals surface area contributed by atoms with E-state index in [1.54, 1.807) is 29.2 Å². The molecule has 2 aromatic rings. The quantitative estimate of drug-likeness (QED) is 0.642. The number of hydrogen-bond acceptors (Lipinski definition) is 5. The van der Waals surface area contributed by atoms with Crippen molar-refractivity contribution in [2.45, 2.75) is 13.8 Å². The maximum atomic E-state index is 12.7. The topological polar surface area (TPSA) is 62.1 Å². The van der Waals surface area contributed by atoms with E-state index < -0.39 is 0 Å². The first-order valence-electron chi connectivity index (χ1n) is 8.53. The Morgan fingerprint density at radius 1 is 1.22 bits per heavy atom. The standard InChI is InChI=1S/C20H19BrN2O3S/c1-3-23-19(25)18(12-13-11-14(21)5-10-17(13)24)27-20(23)22-15-6-8-16(9-7-15)26-4-2/h5-12,24H,3-4H2,1-2H3/b18-12-,22-20?. The van der Waals surface area contributed by atoms with Gasteiger partial charge in [0.2, 0.25) is 0 Å². The van der Waals surface area contributed by atoms with E-state index in [1.807, 2.05) is 38.1 Å². The molecule has 1 aliphatic rings. The number of ether oxygens (including phenoxy) is 1. The Labute approximate surface area is 170 Å². The molecule has 140 valence electrons.